The number of hydrogen-bond acceptors (Lipinski definition) is 2. The number of methoxy groups -OCH3 is 1. The van der Waals surface area contributed by atoms with Crippen molar-refractivity contribution in [1.82, 2.24) is 0 Å². The van der Waals surface area contributed by atoms with E-state index in [0.717, 1.165) is 21.3 Å². The van der Waals surface area contributed by atoms with Gasteiger partial charge in [0.2, 0.25) is 0 Å². The lowest BCUT2D eigenvalue weighted by atomic mass is 9.98. The SMILES string of the molecule is COc1ccc(Br)c(CC(O)c2ccc(C)c(C)c2)c1. The van der Waals surface area contributed by atoms with Crippen LogP contribution >= 0.6 is 15.9 Å². The van der Waals surface area contributed by atoms with Gasteiger partial charge in [-0.05, 0) is 54.3 Å². The fourth-order valence-electron chi connectivity index (χ4n) is 2.13. The summed E-state index contributed by atoms with van der Waals surface area (Å²) in [6.45, 7) is 4.14. The van der Waals surface area contributed by atoms with Crippen LogP contribution in [0.3, 0.4) is 0 Å². The van der Waals surface area contributed by atoms with Crippen molar-refractivity contribution in [1.29, 1.82) is 0 Å². The van der Waals surface area contributed by atoms with E-state index in [1.807, 2.05) is 30.3 Å². The number of aryl methyl sites for hydroxylation is 2. The summed E-state index contributed by atoms with van der Waals surface area (Å²) in [5.41, 5.74) is 4.42. The highest BCUT2D eigenvalue weighted by Crippen LogP contribution is 2.28. The average molecular weight is 335 g/mol. The van der Waals surface area contributed by atoms with Crippen LogP contribution in [-0.2, 0) is 6.42 Å². The van der Waals surface area contributed by atoms with Gasteiger partial charge in [0.15, 0.2) is 0 Å². The van der Waals surface area contributed by atoms with Crippen molar-refractivity contribution in [3.05, 3.63) is 63.1 Å². The van der Waals surface area contributed by atoms with Gasteiger partial charge in [0.25, 0.3) is 0 Å². The maximum Gasteiger partial charge on any atom is 0.119 e. The lowest BCUT2D eigenvalue weighted by Gasteiger charge is -2.14. The van der Waals surface area contributed by atoms with E-state index in [1.54, 1.807) is 7.11 Å². The normalized spacial score (nSPS) is 12.2. The van der Waals surface area contributed by atoms with Crippen molar-refractivity contribution >= 4 is 15.9 Å². The van der Waals surface area contributed by atoms with E-state index < -0.39 is 6.10 Å². The molecule has 0 spiro atoms. The lowest BCUT2D eigenvalue weighted by molar-refractivity contribution is 0.178. The molecular formula is C17H19BrO2. The van der Waals surface area contributed by atoms with Crippen LogP contribution < -0.4 is 4.74 Å². The molecular weight excluding hydrogens is 316 g/mol. The van der Waals surface area contributed by atoms with E-state index in [4.69, 9.17) is 4.74 Å². The first-order chi connectivity index (χ1) is 9.51. The van der Waals surface area contributed by atoms with Crippen molar-refractivity contribution in [3.63, 3.8) is 0 Å². The number of ether oxygens (including phenoxy) is 1. The highest BCUT2D eigenvalue weighted by molar-refractivity contribution is 9.10. The third-order valence-electron chi connectivity index (χ3n) is 3.58. The Labute approximate surface area is 128 Å². The van der Waals surface area contributed by atoms with Crippen molar-refractivity contribution in [3.8, 4) is 5.75 Å². The Hall–Kier alpha value is -1.32. The quantitative estimate of drug-likeness (QED) is 0.900. The van der Waals surface area contributed by atoms with Crippen molar-refractivity contribution in [2.75, 3.05) is 7.11 Å². The predicted octanol–water partition coefficient (Wildman–Crippen LogP) is 4.35. The third-order valence-corrected chi connectivity index (χ3v) is 4.36. The fraction of sp³-hybridized carbons (Fsp3) is 0.294. The van der Waals surface area contributed by atoms with Gasteiger partial charge in [-0.2, -0.15) is 0 Å². The first-order valence-corrected chi connectivity index (χ1v) is 7.38. The smallest absolute Gasteiger partial charge is 0.119 e. The summed E-state index contributed by atoms with van der Waals surface area (Å²) < 4.78 is 6.22. The molecule has 0 heterocycles. The maximum absolute atomic E-state index is 10.4. The topological polar surface area (TPSA) is 29.5 Å². The molecule has 1 N–H and O–H groups in total. The van der Waals surface area contributed by atoms with E-state index in [0.29, 0.717) is 6.42 Å². The van der Waals surface area contributed by atoms with Gasteiger partial charge in [0.1, 0.15) is 5.75 Å². The minimum absolute atomic E-state index is 0.516. The number of halogens is 1. The number of benzene rings is 2. The highest BCUT2D eigenvalue weighted by Gasteiger charge is 2.12. The van der Waals surface area contributed by atoms with Gasteiger partial charge < -0.3 is 9.84 Å². The summed E-state index contributed by atoms with van der Waals surface area (Å²) in [6, 6.07) is 11.9. The Balaban J connectivity index is 2.22. The molecule has 0 radical (unpaired) electrons. The molecule has 1 atom stereocenters. The summed E-state index contributed by atoms with van der Waals surface area (Å²) in [4.78, 5) is 0. The zero-order chi connectivity index (χ0) is 14.7. The summed E-state index contributed by atoms with van der Waals surface area (Å²) in [7, 11) is 1.65. The van der Waals surface area contributed by atoms with Gasteiger partial charge in [0, 0.05) is 10.9 Å². The number of aliphatic hydroxyl groups is 1. The van der Waals surface area contributed by atoms with Crippen molar-refractivity contribution in [2.24, 2.45) is 0 Å². The maximum atomic E-state index is 10.4. The van der Waals surface area contributed by atoms with E-state index >= 15 is 0 Å². The van der Waals surface area contributed by atoms with Crippen LogP contribution in [0.15, 0.2) is 40.9 Å². The Morgan fingerprint density at radius 3 is 2.50 bits per heavy atom. The number of hydrogen-bond donors (Lipinski definition) is 1. The average Bonchev–Trinajstić information content (AvgIpc) is 2.44. The molecule has 0 saturated heterocycles. The van der Waals surface area contributed by atoms with Gasteiger partial charge in [-0.3, -0.25) is 0 Å². The second-order valence-electron chi connectivity index (χ2n) is 5.02. The van der Waals surface area contributed by atoms with Gasteiger partial charge in [0.05, 0.1) is 13.2 Å². The second kappa shape index (κ2) is 6.42. The molecule has 106 valence electrons. The summed E-state index contributed by atoms with van der Waals surface area (Å²) in [5.74, 6) is 0.801. The molecule has 0 aliphatic heterocycles. The molecule has 0 aliphatic rings. The van der Waals surface area contributed by atoms with Crippen LogP contribution in [0.2, 0.25) is 0 Å². The molecule has 0 fully saturated rings. The van der Waals surface area contributed by atoms with Crippen molar-refractivity contribution in [2.45, 2.75) is 26.4 Å². The van der Waals surface area contributed by atoms with E-state index in [-0.39, 0.29) is 0 Å². The predicted molar refractivity (Wildman–Crippen MR) is 85.3 cm³/mol. The molecule has 20 heavy (non-hydrogen) atoms. The highest BCUT2D eigenvalue weighted by atomic mass is 79.9. The summed E-state index contributed by atoms with van der Waals surface area (Å²) in [5, 5.41) is 10.4. The Morgan fingerprint density at radius 2 is 1.85 bits per heavy atom. The first kappa shape index (κ1) is 15.1. The fourth-order valence-corrected chi connectivity index (χ4v) is 2.54. The van der Waals surface area contributed by atoms with E-state index in [1.165, 1.54) is 11.1 Å². The molecule has 2 aromatic carbocycles. The molecule has 0 saturated carbocycles. The molecule has 0 aliphatic carbocycles. The minimum Gasteiger partial charge on any atom is -0.497 e. The van der Waals surface area contributed by atoms with Gasteiger partial charge in [-0.15, -0.1) is 0 Å². The van der Waals surface area contributed by atoms with Gasteiger partial charge >= 0.3 is 0 Å². The first-order valence-electron chi connectivity index (χ1n) is 6.59. The monoisotopic (exact) mass is 334 g/mol. The third kappa shape index (κ3) is 3.41. The van der Waals surface area contributed by atoms with Crippen LogP contribution in [-0.4, -0.2) is 12.2 Å². The van der Waals surface area contributed by atoms with Gasteiger partial charge in [-0.25, -0.2) is 0 Å². The van der Waals surface area contributed by atoms with Crippen LogP contribution in [0.25, 0.3) is 0 Å². The van der Waals surface area contributed by atoms with Crippen LogP contribution in [0.5, 0.6) is 5.75 Å². The molecule has 3 heteroatoms. The van der Waals surface area contributed by atoms with E-state index in [9.17, 15) is 5.11 Å². The summed E-state index contributed by atoms with van der Waals surface area (Å²) >= 11 is 3.52. The molecule has 1 unspecified atom stereocenters. The van der Waals surface area contributed by atoms with Crippen LogP contribution in [0.4, 0.5) is 0 Å². The summed E-state index contributed by atoms with van der Waals surface area (Å²) in [6.07, 6.45) is 0.0398. The Kier molecular flexibility index (Phi) is 4.84. The van der Waals surface area contributed by atoms with Crippen LogP contribution in [0, 0.1) is 13.8 Å². The molecule has 0 bridgehead atoms. The number of aliphatic hydroxyl groups excluding tert-OH is 1. The Morgan fingerprint density at radius 1 is 1.10 bits per heavy atom. The lowest BCUT2D eigenvalue weighted by Crippen LogP contribution is -2.03. The largest absolute Gasteiger partial charge is 0.497 e. The molecule has 0 amide bonds. The van der Waals surface area contributed by atoms with Gasteiger partial charge in [-0.1, -0.05) is 34.1 Å². The molecule has 2 rings (SSSR count). The van der Waals surface area contributed by atoms with Crippen molar-refractivity contribution < 1.29 is 9.84 Å². The molecule has 2 aromatic rings. The Bertz CT molecular complexity index is 608. The minimum atomic E-state index is -0.516. The second-order valence-corrected chi connectivity index (χ2v) is 5.88. The zero-order valence-electron chi connectivity index (χ0n) is 12.0. The number of rotatable bonds is 4. The van der Waals surface area contributed by atoms with E-state index in [2.05, 4.69) is 35.8 Å². The van der Waals surface area contributed by atoms with Crippen LogP contribution in [0.1, 0.15) is 28.4 Å². The standard InChI is InChI=1S/C17H19BrO2/c1-11-4-5-13(8-12(11)2)17(19)10-14-9-15(20-3)6-7-16(14)18/h4-9,17,19H,10H2,1-3H3. The molecule has 2 nitrogen and oxygen atoms in total. The molecule has 0 aromatic heterocycles. The zero-order valence-corrected chi connectivity index (χ0v) is 13.6.